The summed E-state index contributed by atoms with van der Waals surface area (Å²) in [6, 6.07) is 14.8. The van der Waals surface area contributed by atoms with E-state index in [9.17, 15) is 9.00 Å². The summed E-state index contributed by atoms with van der Waals surface area (Å²) in [5.74, 6) is 0.857. The Morgan fingerprint density at radius 2 is 1.78 bits per heavy atom. The van der Waals surface area contributed by atoms with Crippen LogP contribution < -0.4 is 4.74 Å². The van der Waals surface area contributed by atoms with Gasteiger partial charge in [0.05, 0.1) is 17.1 Å². The number of amides is 1. The fraction of sp³-hybridized carbons (Fsp3) is 0.480. The first-order chi connectivity index (χ1) is 15.4. The lowest BCUT2D eigenvalue weighted by atomic mass is 9.95. The molecule has 2 aliphatic heterocycles. The largest absolute Gasteiger partial charge is 0.490 e. The zero-order chi connectivity index (χ0) is 22.7. The van der Waals surface area contributed by atoms with E-state index >= 15 is 0 Å². The van der Waals surface area contributed by atoms with Crippen molar-refractivity contribution in [3.05, 3.63) is 53.6 Å². The van der Waals surface area contributed by atoms with E-state index in [4.69, 9.17) is 9.47 Å². The maximum absolute atomic E-state index is 12.1. The lowest BCUT2D eigenvalue weighted by Crippen LogP contribution is -2.42. The normalized spacial score (nSPS) is 18.3. The molecule has 1 amide bonds. The van der Waals surface area contributed by atoms with Crippen LogP contribution in [0.1, 0.15) is 37.8 Å². The van der Waals surface area contributed by atoms with Crippen molar-refractivity contribution in [2.45, 2.75) is 51.9 Å². The van der Waals surface area contributed by atoms with Crippen LogP contribution in [0.15, 0.2) is 42.5 Å². The molecule has 172 valence electrons. The molecule has 1 saturated heterocycles. The van der Waals surface area contributed by atoms with Gasteiger partial charge in [0.1, 0.15) is 11.9 Å². The predicted molar refractivity (Wildman–Crippen MR) is 127 cm³/mol. The van der Waals surface area contributed by atoms with Gasteiger partial charge in [-0.1, -0.05) is 30.3 Å². The molecule has 1 fully saturated rings. The minimum Gasteiger partial charge on any atom is -0.490 e. The van der Waals surface area contributed by atoms with E-state index in [2.05, 4.69) is 30.3 Å². The smallest absolute Gasteiger partial charge is 0.410 e. The number of hydrogen-bond acceptors (Lipinski definition) is 4. The van der Waals surface area contributed by atoms with Crippen LogP contribution in [-0.2, 0) is 28.7 Å². The summed E-state index contributed by atoms with van der Waals surface area (Å²) in [6.45, 7) is 6.61. The summed E-state index contributed by atoms with van der Waals surface area (Å²) < 4.78 is 25.3. The van der Waals surface area contributed by atoms with E-state index in [1.165, 1.54) is 16.7 Å². The molecule has 0 aromatic heterocycles. The van der Waals surface area contributed by atoms with Gasteiger partial charge in [-0.25, -0.2) is 13.3 Å². The van der Waals surface area contributed by atoms with Crippen molar-refractivity contribution in [1.82, 2.24) is 9.21 Å². The molecule has 1 atom stereocenters. The van der Waals surface area contributed by atoms with E-state index < -0.39 is 11.0 Å². The Labute approximate surface area is 193 Å². The molecule has 0 radical (unpaired) electrons. The number of carbonyl (C=O) groups excluding carboxylic acids is 1. The highest BCUT2D eigenvalue weighted by Crippen LogP contribution is 2.30. The molecular formula is C25H32N2O4S. The van der Waals surface area contributed by atoms with Crippen LogP contribution in [0.2, 0.25) is 0 Å². The number of ether oxygens (including phenoxy) is 2. The predicted octanol–water partition coefficient (Wildman–Crippen LogP) is 4.39. The molecule has 4 rings (SSSR count). The number of rotatable bonds is 5. The van der Waals surface area contributed by atoms with Gasteiger partial charge in [0, 0.05) is 45.3 Å². The molecule has 0 saturated carbocycles. The van der Waals surface area contributed by atoms with Crippen molar-refractivity contribution in [1.29, 1.82) is 0 Å². The van der Waals surface area contributed by atoms with Gasteiger partial charge in [0.25, 0.3) is 0 Å². The second-order valence-corrected chi connectivity index (χ2v) is 10.1. The first kappa shape index (κ1) is 22.8. The Bertz CT molecular complexity index is 986. The number of carbonyl (C=O) groups is 1. The van der Waals surface area contributed by atoms with Crippen LogP contribution in [0.5, 0.6) is 5.75 Å². The van der Waals surface area contributed by atoms with E-state index in [1.54, 1.807) is 11.2 Å². The molecule has 2 aliphatic rings. The van der Waals surface area contributed by atoms with Gasteiger partial charge in [-0.05, 0) is 54.7 Å². The number of hydrogen-bond donors (Lipinski definition) is 0. The van der Waals surface area contributed by atoms with Gasteiger partial charge in [-0.2, -0.15) is 0 Å². The Morgan fingerprint density at radius 1 is 1.03 bits per heavy atom. The van der Waals surface area contributed by atoms with Crippen molar-refractivity contribution in [2.24, 2.45) is 0 Å². The molecule has 2 heterocycles. The standard InChI is InChI=1S/C25H32N2O4S/c1-18(2)30-25(28)26-12-10-23(11-13-26)31-24-6-4-5-19(16-24)20-7-8-22-17-27(32(3)29)14-9-21(22)15-20/h4-8,15-16,18,23H,9-14,17H2,1-3H3. The van der Waals surface area contributed by atoms with E-state index in [1.807, 2.05) is 30.3 Å². The molecule has 1 unspecified atom stereocenters. The van der Waals surface area contributed by atoms with Crippen LogP contribution in [0, 0.1) is 0 Å². The second kappa shape index (κ2) is 10.0. The van der Waals surface area contributed by atoms with Gasteiger partial charge in [0.2, 0.25) is 0 Å². The number of piperidine rings is 1. The molecular weight excluding hydrogens is 424 g/mol. The van der Waals surface area contributed by atoms with Crippen LogP contribution >= 0.6 is 0 Å². The Balaban J connectivity index is 1.39. The van der Waals surface area contributed by atoms with Crippen LogP contribution in [0.3, 0.4) is 0 Å². The average molecular weight is 457 g/mol. The van der Waals surface area contributed by atoms with Crippen molar-refractivity contribution in [2.75, 3.05) is 25.9 Å². The average Bonchev–Trinajstić information content (AvgIpc) is 2.78. The molecule has 6 nitrogen and oxygen atoms in total. The summed E-state index contributed by atoms with van der Waals surface area (Å²) in [5.41, 5.74) is 4.89. The number of benzene rings is 2. The summed E-state index contributed by atoms with van der Waals surface area (Å²) >= 11 is 0. The zero-order valence-electron chi connectivity index (χ0n) is 19.1. The van der Waals surface area contributed by atoms with Crippen molar-refractivity contribution in [3.8, 4) is 16.9 Å². The number of nitrogens with zero attached hydrogens (tertiary/aromatic N) is 2. The van der Waals surface area contributed by atoms with Crippen molar-refractivity contribution >= 4 is 17.1 Å². The van der Waals surface area contributed by atoms with Gasteiger partial charge < -0.3 is 14.4 Å². The summed E-state index contributed by atoms with van der Waals surface area (Å²) in [6.07, 6.45) is 4.01. The Morgan fingerprint density at radius 3 is 2.50 bits per heavy atom. The minimum atomic E-state index is -0.927. The minimum absolute atomic E-state index is 0.0952. The molecule has 7 heteroatoms. The molecule has 2 aromatic rings. The van der Waals surface area contributed by atoms with Gasteiger partial charge in [0.15, 0.2) is 0 Å². The van der Waals surface area contributed by atoms with Crippen LogP contribution in [-0.4, -0.2) is 57.6 Å². The van der Waals surface area contributed by atoms with E-state index in [0.29, 0.717) is 13.1 Å². The third-order valence-corrected chi connectivity index (χ3v) is 7.09. The highest BCUT2D eigenvalue weighted by molar-refractivity contribution is 7.81. The summed E-state index contributed by atoms with van der Waals surface area (Å²) in [7, 11) is -0.927. The summed E-state index contributed by atoms with van der Waals surface area (Å²) in [5, 5.41) is 0. The Hall–Kier alpha value is -2.38. The van der Waals surface area contributed by atoms with Crippen LogP contribution in [0.25, 0.3) is 11.1 Å². The zero-order valence-corrected chi connectivity index (χ0v) is 19.9. The SMILES string of the molecule is CC(C)OC(=O)N1CCC(Oc2cccc(-c3ccc4c(c3)CCN(S(C)=O)C4)c2)CC1. The maximum atomic E-state index is 12.1. The third kappa shape index (κ3) is 5.51. The number of fused-ring (bicyclic) bond motifs is 1. The van der Waals surface area contributed by atoms with Gasteiger partial charge in [-0.15, -0.1) is 0 Å². The summed E-state index contributed by atoms with van der Waals surface area (Å²) in [4.78, 5) is 13.8. The molecule has 0 aliphatic carbocycles. The molecule has 2 aromatic carbocycles. The fourth-order valence-corrected chi connectivity index (χ4v) is 4.97. The third-order valence-electron chi connectivity index (χ3n) is 6.05. The first-order valence-corrected chi connectivity index (χ1v) is 12.8. The van der Waals surface area contributed by atoms with Gasteiger partial charge >= 0.3 is 6.09 Å². The Kier molecular flexibility index (Phi) is 7.16. The first-order valence-electron chi connectivity index (χ1n) is 11.3. The van der Waals surface area contributed by atoms with Gasteiger partial charge in [-0.3, -0.25) is 0 Å². The topological polar surface area (TPSA) is 59.1 Å². The monoisotopic (exact) mass is 456 g/mol. The van der Waals surface area contributed by atoms with Crippen LogP contribution in [0.4, 0.5) is 4.79 Å². The lowest BCUT2D eigenvalue weighted by Gasteiger charge is -2.32. The lowest BCUT2D eigenvalue weighted by molar-refractivity contribution is 0.0517. The van der Waals surface area contributed by atoms with E-state index in [0.717, 1.165) is 43.7 Å². The second-order valence-electron chi connectivity index (χ2n) is 8.79. The molecule has 32 heavy (non-hydrogen) atoms. The van der Waals surface area contributed by atoms with E-state index in [-0.39, 0.29) is 18.3 Å². The highest BCUT2D eigenvalue weighted by Gasteiger charge is 2.25. The maximum Gasteiger partial charge on any atom is 0.410 e. The molecule has 0 bridgehead atoms. The highest BCUT2D eigenvalue weighted by atomic mass is 32.2. The molecule has 0 spiro atoms. The van der Waals surface area contributed by atoms with Crippen molar-refractivity contribution in [3.63, 3.8) is 0 Å². The quantitative estimate of drug-likeness (QED) is 0.669. The molecule has 0 N–H and O–H groups in total. The number of likely N-dealkylation sites (tertiary alicyclic amines) is 1. The fourth-order valence-electron chi connectivity index (χ4n) is 4.30. The van der Waals surface area contributed by atoms with Crippen molar-refractivity contribution < 1.29 is 18.5 Å².